The van der Waals surface area contributed by atoms with Crippen LogP contribution in [0.5, 0.6) is 0 Å². The number of aromatic amines is 1. The van der Waals surface area contributed by atoms with Crippen LogP contribution in [-0.4, -0.2) is 20.2 Å². The molecule has 1 aliphatic rings. The van der Waals surface area contributed by atoms with Gasteiger partial charge in [-0.1, -0.05) is 47.7 Å². The molecule has 0 saturated carbocycles. The van der Waals surface area contributed by atoms with E-state index in [9.17, 15) is 0 Å². The van der Waals surface area contributed by atoms with E-state index in [0.717, 1.165) is 6.42 Å². The zero-order chi connectivity index (χ0) is 13.1. The third-order valence-electron chi connectivity index (χ3n) is 3.21. The molecule has 124 valence electrons. The maximum absolute atomic E-state index is 3.66. The molecule has 4 rings (SSSR count). The van der Waals surface area contributed by atoms with Crippen molar-refractivity contribution in [1.82, 2.24) is 9.97 Å². The van der Waals surface area contributed by atoms with Gasteiger partial charge in [-0.3, -0.25) is 0 Å². The molecule has 24 heavy (non-hydrogen) atoms. The fraction of sp³-hybridized carbons (Fsp3) is 0.0556. The Labute approximate surface area is 180 Å². The minimum atomic E-state index is 0. The first-order valence-electron chi connectivity index (χ1n) is 6.13. The summed E-state index contributed by atoms with van der Waals surface area (Å²) >= 11 is 0. The third-order valence-corrected chi connectivity index (χ3v) is 3.68. The number of halogens is 2. The predicted octanol–water partition coefficient (Wildman–Crippen LogP) is 4.00. The van der Waals surface area contributed by atoms with Gasteiger partial charge in [0.05, 0.1) is 10.2 Å². The number of hydrogen-bond acceptors (Lipinski definition) is 1. The third kappa shape index (κ3) is 6.33. The SMILES string of the molecule is Cl.Cl.[CH3-].[CH3-].[Si]c1cccc2c1Cc1ccccc1-2.[Zr+3].[c-]1ncc[nH]1. The maximum atomic E-state index is 3.66. The number of hydrogen-bond donors (Lipinski definition) is 1. The van der Waals surface area contributed by atoms with Crippen LogP contribution in [-0.2, 0) is 32.6 Å². The van der Waals surface area contributed by atoms with Crippen molar-refractivity contribution >= 4 is 40.2 Å². The van der Waals surface area contributed by atoms with Gasteiger partial charge in [-0.15, -0.1) is 37.2 Å². The summed E-state index contributed by atoms with van der Waals surface area (Å²) in [5.41, 5.74) is 5.63. The summed E-state index contributed by atoms with van der Waals surface area (Å²) in [6.07, 6.45) is 6.89. The Morgan fingerprint density at radius 2 is 1.62 bits per heavy atom. The average molecular weight is 455 g/mol. The molecule has 0 spiro atoms. The van der Waals surface area contributed by atoms with Crippen molar-refractivity contribution in [2.24, 2.45) is 0 Å². The molecule has 0 amide bonds. The molecule has 1 N–H and O–H groups in total. The predicted molar refractivity (Wildman–Crippen MR) is 105 cm³/mol. The van der Waals surface area contributed by atoms with Crippen molar-refractivity contribution in [3.05, 3.63) is 87.2 Å². The zero-order valence-corrected chi connectivity index (χ0v) is 18.8. The smallest absolute Gasteiger partial charge is 0.467 e. The van der Waals surface area contributed by atoms with Crippen LogP contribution in [0.25, 0.3) is 11.1 Å². The fourth-order valence-electron chi connectivity index (χ4n) is 2.34. The summed E-state index contributed by atoms with van der Waals surface area (Å²) in [7, 11) is 3.66. The van der Waals surface area contributed by atoms with Gasteiger partial charge in [-0.25, -0.2) is 0 Å². The Balaban J connectivity index is -0.000000391. The Hall–Kier alpha value is -0.670. The molecule has 2 nitrogen and oxygen atoms in total. The number of nitrogens with one attached hydrogen (secondary N) is 1. The van der Waals surface area contributed by atoms with Crippen LogP contribution in [0.3, 0.4) is 0 Å². The Bertz CT molecular complexity index is 674. The van der Waals surface area contributed by atoms with E-state index in [1.807, 2.05) is 0 Å². The molecule has 0 aliphatic heterocycles. The second kappa shape index (κ2) is 13.6. The number of imidazole rings is 1. The van der Waals surface area contributed by atoms with Gasteiger partial charge < -0.3 is 24.8 Å². The Morgan fingerprint density at radius 3 is 2.21 bits per heavy atom. The zero-order valence-electron chi connectivity index (χ0n) is 13.7. The molecule has 4 radical (unpaired) electrons. The van der Waals surface area contributed by atoms with E-state index in [-0.39, 0.29) is 65.9 Å². The number of benzene rings is 2. The summed E-state index contributed by atoms with van der Waals surface area (Å²) in [5.74, 6) is 0. The number of H-pyrrole nitrogens is 1. The standard InChI is InChI=1S/C13H9Si.C3H3N2.2CH3.2ClH.Zr/c14-13-7-3-6-11-10-5-2-1-4-9(10)8-12(11)13;1-2-5-3-4-1;;;;;/h1-7H,8H2;1-2H,(H,4,5);2*1H3;2*1H;/q;3*-1;;;+3. The number of nitrogens with zero attached hydrogens (tertiary/aromatic N) is 1. The molecule has 2 aromatic carbocycles. The van der Waals surface area contributed by atoms with Gasteiger partial charge in [0.25, 0.3) is 0 Å². The minimum absolute atomic E-state index is 0. The Kier molecular flexibility index (Phi) is 16.0. The van der Waals surface area contributed by atoms with E-state index in [0.29, 0.717) is 0 Å². The molecule has 0 bridgehead atoms. The van der Waals surface area contributed by atoms with E-state index in [1.54, 1.807) is 12.4 Å². The Morgan fingerprint density at radius 1 is 0.958 bits per heavy atom. The molecular weight excluding hydrogens is 434 g/mol. The molecule has 0 saturated heterocycles. The summed E-state index contributed by atoms with van der Waals surface area (Å²) in [5, 5.41) is 1.22. The van der Waals surface area contributed by atoms with Crippen molar-refractivity contribution in [3.63, 3.8) is 0 Å². The number of aromatic nitrogens is 2. The fourth-order valence-corrected chi connectivity index (χ4v) is 2.66. The van der Waals surface area contributed by atoms with Gasteiger partial charge >= 0.3 is 26.2 Å². The van der Waals surface area contributed by atoms with E-state index < -0.39 is 0 Å². The van der Waals surface area contributed by atoms with Crippen molar-refractivity contribution in [2.45, 2.75) is 6.42 Å². The largest absolute Gasteiger partial charge is 3.00 e. The quantitative estimate of drug-likeness (QED) is 0.316. The van der Waals surface area contributed by atoms with Gasteiger partial charge in [0.1, 0.15) is 0 Å². The average Bonchev–Trinajstić information content (AvgIpc) is 3.10. The van der Waals surface area contributed by atoms with Crippen LogP contribution in [0.15, 0.2) is 54.9 Å². The molecule has 0 unspecified atom stereocenters. The summed E-state index contributed by atoms with van der Waals surface area (Å²) in [4.78, 5) is 6.17. The molecule has 0 fully saturated rings. The van der Waals surface area contributed by atoms with E-state index in [2.05, 4.69) is 69.0 Å². The van der Waals surface area contributed by atoms with Crippen LogP contribution in [0, 0.1) is 21.2 Å². The van der Waals surface area contributed by atoms with Crippen molar-refractivity contribution in [3.8, 4) is 11.1 Å². The van der Waals surface area contributed by atoms with E-state index >= 15 is 0 Å². The second-order valence-electron chi connectivity index (χ2n) is 4.37. The van der Waals surface area contributed by atoms with Crippen LogP contribution >= 0.6 is 24.8 Å². The van der Waals surface area contributed by atoms with Crippen LogP contribution in [0.2, 0.25) is 0 Å². The topological polar surface area (TPSA) is 28.7 Å². The number of rotatable bonds is 0. The van der Waals surface area contributed by atoms with Crippen LogP contribution in [0.1, 0.15) is 11.1 Å². The first-order chi connectivity index (χ1) is 9.36. The molecule has 1 heterocycles. The first kappa shape index (κ1) is 28.1. The minimum Gasteiger partial charge on any atom is -0.467 e. The normalized spacial score (nSPS) is 8.88. The summed E-state index contributed by atoms with van der Waals surface area (Å²) in [6, 6.07) is 15.0. The van der Waals surface area contributed by atoms with Crippen LogP contribution < -0.4 is 5.19 Å². The molecule has 1 aliphatic carbocycles. The van der Waals surface area contributed by atoms with Crippen molar-refractivity contribution in [2.75, 3.05) is 0 Å². The molecule has 3 aromatic rings. The molecule has 6 heteroatoms. The van der Waals surface area contributed by atoms with Gasteiger partial charge in [0.2, 0.25) is 0 Å². The van der Waals surface area contributed by atoms with E-state index in [4.69, 9.17) is 0 Å². The van der Waals surface area contributed by atoms with Gasteiger partial charge in [0, 0.05) is 0 Å². The van der Waals surface area contributed by atoms with Crippen molar-refractivity contribution in [1.29, 1.82) is 0 Å². The first-order valence-corrected chi connectivity index (χ1v) is 6.63. The van der Waals surface area contributed by atoms with Gasteiger partial charge in [-0.05, 0) is 35.0 Å². The maximum Gasteiger partial charge on any atom is 3.00 e. The van der Waals surface area contributed by atoms with Crippen LogP contribution in [0.4, 0.5) is 0 Å². The van der Waals surface area contributed by atoms with Gasteiger partial charge in [0.15, 0.2) is 0 Å². The summed E-state index contributed by atoms with van der Waals surface area (Å²) < 4.78 is 0. The number of fused-ring (bicyclic) bond motifs is 3. The summed E-state index contributed by atoms with van der Waals surface area (Å²) in [6.45, 7) is 0. The molecule has 1 aromatic heterocycles. The molecule has 0 atom stereocenters. The molecular formula is C18H20Cl2N2SiZr. The second-order valence-corrected chi connectivity index (χ2v) is 4.91. The van der Waals surface area contributed by atoms with Crippen molar-refractivity contribution < 1.29 is 26.2 Å². The van der Waals surface area contributed by atoms with Gasteiger partial charge in [-0.2, -0.15) is 0 Å². The monoisotopic (exact) mass is 452 g/mol. The van der Waals surface area contributed by atoms with E-state index in [1.165, 1.54) is 27.4 Å².